The first-order chi connectivity index (χ1) is 7.35. The van der Waals surface area contributed by atoms with Gasteiger partial charge in [0.1, 0.15) is 0 Å². The molecule has 0 bridgehead atoms. The van der Waals surface area contributed by atoms with Crippen LogP contribution >= 0.6 is 23.5 Å². The Morgan fingerprint density at radius 1 is 1.53 bits per heavy atom. The summed E-state index contributed by atoms with van der Waals surface area (Å²) in [6.07, 6.45) is 4.94. The molecule has 2 aliphatic rings. The second-order valence-corrected chi connectivity index (χ2v) is 6.98. The maximum atomic E-state index is 6.00. The number of ether oxygens (including phenoxy) is 1. The molecule has 2 unspecified atom stereocenters. The van der Waals surface area contributed by atoms with E-state index in [9.17, 15) is 0 Å². The fourth-order valence-corrected chi connectivity index (χ4v) is 5.05. The molecular weight excluding hydrogens is 226 g/mol. The quantitative estimate of drug-likeness (QED) is 0.772. The van der Waals surface area contributed by atoms with E-state index in [1.807, 2.05) is 0 Å². The molecule has 2 rings (SSSR count). The summed E-state index contributed by atoms with van der Waals surface area (Å²) >= 11 is 4.17. The van der Waals surface area contributed by atoms with E-state index in [4.69, 9.17) is 10.5 Å². The smallest absolute Gasteiger partial charge is 0.0790 e. The average Bonchev–Trinajstić information content (AvgIpc) is 2.67. The first-order valence-electron chi connectivity index (χ1n) is 5.88. The van der Waals surface area contributed by atoms with Gasteiger partial charge >= 0.3 is 0 Å². The summed E-state index contributed by atoms with van der Waals surface area (Å²) < 4.78 is 6.00. The zero-order valence-corrected chi connectivity index (χ0v) is 10.9. The lowest BCUT2D eigenvalue weighted by Gasteiger charge is -2.37. The fourth-order valence-electron chi connectivity index (χ4n) is 2.32. The normalized spacial score (nSPS) is 36.2. The van der Waals surface area contributed by atoms with Crippen LogP contribution in [0.15, 0.2) is 0 Å². The standard InChI is InChI=1S/C11H21NOS2/c12-4-1-6-15-10-2-5-13-11(8-10)3-7-14-9-11/h10H,1-9,12H2. The zero-order valence-electron chi connectivity index (χ0n) is 9.24. The van der Waals surface area contributed by atoms with Gasteiger partial charge in [-0.2, -0.15) is 23.5 Å². The Bertz CT molecular complexity index is 195. The van der Waals surface area contributed by atoms with Crippen molar-refractivity contribution in [2.75, 3.05) is 30.4 Å². The van der Waals surface area contributed by atoms with Crippen LogP contribution in [0.3, 0.4) is 0 Å². The molecule has 2 saturated heterocycles. The molecule has 0 saturated carbocycles. The maximum Gasteiger partial charge on any atom is 0.0790 e. The van der Waals surface area contributed by atoms with Crippen LogP contribution in [0.5, 0.6) is 0 Å². The fraction of sp³-hybridized carbons (Fsp3) is 1.00. The van der Waals surface area contributed by atoms with Crippen molar-refractivity contribution < 1.29 is 4.74 Å². The molecule has 2 aliphatic heterocycles. The van der Waals surface area contributed by atoms with Gasteiger partial charge < -0.3 is 10.5 Å². The molecule has 0 aromatic heterocycles. The van der Waals surface area contributed by atoms with E-state index in [2.05, 4.69) is 23.5 Å². The molecular formula is C11H21NOS2. The molecule has 2 heterocycles. The van der Waals surface area contributed by atoms with Crippen molar-refractivity contribution in [2.24, 2.45) is 5.73 Å². The van der Waals surface area contributed by atoms with Crippen LogP contribution in [0, 0.1) is 0 Å². The lowest BCUT2D eigenvalue weighted by molar-refractivity contribution is -0.0562. The maximum absolute atomic E-state index is 6.00. The second-order valence-electron chi connectivity index (χ2n) is 4.46. The molecule has 4 heteroatoms. The van der Waals surface area contributed by atoms with Gasteiger partial charge in [-0.05, 0) is 43.7 Å². The third-order valence-corrected chi connectivity index (χ3v) is 5.84. The van der Waals surface area contributed by atoms with Gasteiger partial charge in [0, 0.05) is 17.6 Å². The van der Waals surface area contributed by atoms with Crippen LogP contribution in [0.2, 0.25) is 0 Å². The number of nitrogens with two attached hydrogens (primary N) is 1. The molecule has 2 nitrogen and oxygen atoms in total. The minimum absolute atomic E-state index is 0.253. The van der Waals surface area contributed by atoms with Gasteiger partial charge in [-0.3, -0.25) is 0 Å². The molecule has 2 N–H and O–H groups in total. The van der Waals surface area contributed by atoms with E-state index in [0.717, 1.165) is 24.8 Å². The lowest BCUT2D eigenvalue weighted by atomic mass is 9.93. The highest BCUT2D eigenvalue weighted by Crippen LogP contribution is 2.41. The van der Waals surface area contributed by atoms with Crippen molar-refractivity contribution in [3.8, 4) is 0 Å². The first-order valence-corrected chi connectivity index (χ1v) is 8.08. The van der Waals surface area contributed by atoms with Gasteiger partial charge in [-0.15, -0.1) is 0 Å². The highest BCUT2D eigenvalue weighted by atomic mass is 32.2. The van der Waals surface area contributed by atoms with E-state index >= 15 is 0 Å². The van der Waals surface area contributed by atoms with E-state index in [1.54, 1.807) is 0 Å². The predicted octanol–water partition coefficient (Wildman–Crippen LogP) is 2.12. The number of rotatable bonds is 4. The van der Waals surface area contributed by atoms with Crippen LogP contribution in [0.4, 0.5) is 0 Å². The van der Waals surface area contributed by atoms with Crippen molar-refractivity contribution in [3.63, 3.8) is 0 Å². The Labute approximate surface area is 101 Å². The largest absolute Gasteiger partial charge is 0.374 e. The van der Waals surface area contributed by atoms with E-state index in [0.29, 0.717) is 0 Å². The average molecular weight is 247 g/mol. The van der Waals surface area contributed by atoms with E-state index < -0.39 is 0 Å². The summed E-state index contributed by atoms with van der Waals surface area (Å²) in [6, 6.07) is 0. The third kappa shape index (κ3) is 3.29. The van der Waals surface area contributed by atoms with Gasteiger partial charge in [-0.1, -0.05) is 0 Å². The minimum atomic E-state index is 0.253. The Morgan fingerprint density at radius 2 is 2.47 bits per heavy atom. The van der Waals surface area contributed by atoms with Gasteiger partial charge in [0.15, 0.2) is 0 Å². The SMILES string of the molecule is NCCCSC1CCOC2(CCSC2)C1. The molecule has 1 spiro atoms. The van der Waals surface area contributed by atoms with Crippen LogP contribution in [-0.2, 0) is 4.74 Å². The molecule has 15 heavy (non-hydrogen) atoms. The van der Waals surface area contributed by atoms with Gasteiger partial charge in [-0.25, -0.2) is 0 Å². The Kier molecular flexibility index (Phi) is 4.68. The van der Waals surface area contributed by atoms with Crippen molar-refractivity contribution in [3.05, 3.63) is 0 Å². The topological polar surface area (TPSA) is 35.2 Å². The van der Waals surface area contributed by atoms with Crippen LogP contribution in [-0.4, -0.2) is 41.3 Å². The highest BCUT2D eigenvalue weighted by molar-refractivity contribution is 8.00. The van der Waals surface area contributed by atoms with E-state index in [1.165, 1.54) is 36.5 Å². The third-order valence-electron chi connectivity index (χ3n) is 3.22. The predicted molar refractivity (Wildman–Crippen MR) is 69.8 cm³/mol. The number of hydrogen-bond acceptors (Lipinski definition) is 4. The molecule has 0 aliphatic carbocycles. The molecule has 0 aromatic carbocycles. The number of hydrogen-bond donors (Lipinski definition) is 1. The summed E-state index contributed by atoms with van der Waals surface area (Å²) in [4.78, 5) is 0. The minimum Gasteiger partial charge on any atom is -0.374 e. The Morgan fingerprint density at radius 3 is 3.20 bits per heavy atom. The molecule has 88 valence electrons. The van der Waals surface area contributed by atoms with Gasteiger partial charge in [0.2, 0.25) is 0 Å². The summed E-state index contributed by atoms with van der Waals surface area (Å²) in [7, 11) is 0. The summed E-state index contributed by atoms with van der Waals surface area (Å²) in [5, 5.41) is 0.823. The van der Waals surface area contributed by atoms with Crippen molar-refractivity contribution in [2.45, 2.75) is 36.5 Å². The second kappa shape index (κ2) is 5.80. The van der Waals surface area contributed by atoms with Crippen molar-refractivity contribution >= 4 is 23.5 Å². The summed E-state index contributed by atoms with van der Waals surface area (Å²) in [5.41, 5.74) is 5.77. The molecule has 2 fully saturated rings. The van der Waals surface area contributed by atoms with Crippen molar-refractivity contribution in [1.29, 1.82) is 0 Å². The molecule has 0 aromatic rings. The lowest BCUT2D eigenvalue weighted by Crippen LogP contribution is -2.41. The van der Waals surface area contributed by atoms with Crippen LogP contribution in [0.25, 0.3) is 0 Å². The Balaban J connectivity index is 1.76. The van der Waals surface area contributed by atoms with Gasteiger partial charge in [0.05, 0.1) is 5.60 Å². The highest BCUT2D eigenvalue weighted by Gasteiger charge is 2.40. The van der Waals surface area contributed by atoms with Crippen LogP contribution < -0.4 is 5.73 Å². The number of thioether (sulfide) groups is 2. The summed E-state index contributed by atoms with van der Waals surface area (Å²) in [6.45, 7) is 1.80. The van der Waals surface area contributed by atoms with Gasteiger partial charge in [0.25, 0.3) is 0 Å². The monoisotopic (exact) mass is 247 g/mol. The zero-order chi connectivity index (χ0) is 10.6. The van der Waals surface area contributed by atoms with Crippen LogP contribution in [0.1, 0.15) is 25.7 Å². The molecule has 0 radical (unpaired) electrons. The Hall–Kier alpha value is 0.620. The first kappa shape index (κ1) is 12.1. The molecule has 2 atom stereocenters. The van der Waals surface area contributed by atoms with E-state index in [-0.39, 0.29) is 5.60 Å². The summed E-state index contributed by atoms with van der Waals surface area (Å²) in [5.74, 6) is 3.74. The molecule has 0 amide bonds. The van der Waals surface area contributed by atoms with Crippen molar-refractivity contribution in [1.82, 2.24) is 0 Å².